The lowest BCUT2D eigenvalue weighted by Gasteiger charge is -2.09. The second-order valence-corrected chi connectivity index (χ2v) is 8.91. The molecule has 3 aromatic heterocycles. The molecule has 0 amide bonds. The minimum atomic E-state index is -0.0861. The first-order chi connectivity index (χ1) is 15.2. The van der Waals surface area contributed by atoms with E-state index in [9.17, 15) is 4.79 Å². The number of hydrogen-bond acceptors (Lipinski definition) is 6. The minimum Gasteiger partial charge on any atom is -0.272 e. The maximum atomic E-state index is 12.9. The van der Waals surface area contributed by atoms with Gasteiger partial charge in [0.2, 0.25) is 5.78 Å². The number of thiazole rings is 1. The molecule has 0 bridgehead atoms. The molecule has 0 radical (unpaired) electrons. The summed E-state index contributed by atoms with van der Waals surface area (Å²) in [6, 6.07) is 17.9. The third-order valence-electron chi connectivity index (χ3n) is 4.94. The average Bonchev–Trinajstić information content (AvgIpc) is 3.43. The maximum Gasteiger partial charge on any atom is 0.263 e. The van der Waals surface area contributed by atoms with E-state index in [2.05, 4.69) is 34.3 Å². The fraction of sp³-hybridized carbons (Fsp3) is 0.130. The van der Waals surface area contributed by atoms with Crippen LogP contribution in [0.25, 0.3) is 16.7 Å². The van der Waals surface area contributed by atoms with Gasteiger partial charge in [-0.15, -0.1) is 28.1 Å². The summed E-state index contributed by atoms with van der Waals surface area (Å²) in [6.07, 6.45) is 2.53. The second kappa shape index (κ2) is 8.49. The van der Waals surface area contributed by atoms with Crippen LogP contribution in [0.5, 0.6) is 0 Å². The molecule has 0 aliphatic heterocycles. The molecule has 0 saturated carbocycles. The Labute approximate surface area is 186 Å². The Morgan fingerprint density at radius 2 is 1.87 bits per heavy atom. The molecule has 0 aliphatic rings. The predicted octanol–water partition coefficient (Wildman–Crippen LogP) is 4.57. The standard InChI is InChI=1S/C23H19N5OS2/c1-2-12-27-21(29)18-10-6-7-11-19(18)28-22(27)25-26-23(28)31-15-17-14-30-20(24-17)13-16-8-4-3-5-9-16/h2-11,14H,1,12-13,15H2. The highest BCUT2D eigenvalue weighted by atomic mass is 32.2. The molecule has 0 N–H and O–H groups in total. The monoisotopic (exact) mass is 445 g/mol. The lowest BCUT2D eigenvalue weighted by molar-refractivity contribution is 0.783. The van der Waals surface area contributed by atoms with Crippen LogP contribution in [0.3, 0.4) is 0 Å². The van der Waals surface area contributed by atoms with E-state index in [-0.39, 0.29) is 5.56 Å². The molecule has 6 nitrogen and oxygen atoms in total. The van der Waals surface area contributed by atoms with Gasteiger partial charge in [0.1, 0.15) is 0 Å². The Morgan fingerprint density at radius 1 is 1.06 bits per heavy atom. The first-order valence-electron chi connectivity index (χ1n) is 9.82. The molecular weight excluding hydrogens is 426 g/mol. The van der Waals surface area contributed by atoms with E-state index >= 15 is 0 Å². The Balaban J connectivity index is 1.45. The van der Waals surface area contributed by atoms with Gasteiger partial charge in [0.05, 0.1) is 21.6 Å². The highest BCUT2D eigenvalue weighted by Gasteiger charge is 2.16. The van der Waals surface area contributed by atoms with E-state index < -0.39 is 0 Å². The highest BCUT2D eigenvalue weighted by Crippen LogP contribution is 2.26. The smallest absolute Gasteiger partial charge is 0.263 e. The molecule has 5 rings (SSSR count). The summed E-state index contributed by atoms with van der Waals surface area (Å²) in [7, 11) is 0. The summed E-state index contributed by atoms with van der Waals surface area (Å²) in [6.45, 7) is 4.15. The molecule has 0 aliphatic carbocycles. The number of aromatic nitrogens is 5. The lowest BCUT2D eigenvalue weighted by Crippen LogP contribution is -2.22. The highest BCUT2D eigenvalue weighted by molar-refractivity contribution is 7.98. The number of thioether (sulfide) groups is 1. The molecule has 0 unspecified atom stereocenters. The molecule has 31 heavy (non-hydrogen) atoms. The Bertz CT molecular complexity index is 1440. The largest absolute Gasteiger partial charge is 0.272 e. The van der Waals surface area contributed by atoms with Gasteiger partial charge in [-0.2, -0.15) is 0 Å². The topological polar surface area (TPSA) is 65.1 Å². The van der Waals surface area contributed by atoms with Crippen LogP contribution in [0.4, 0.5) is 0 Å². The Hall–Kier alpha value is -3.23. The van der Waals surface area contributed by atoms with Crippen LogP contribution >= 0.6 is 23.1 Å². The van der Waals surface area contributed by atoms with Crippen LogP contribution in [0, 0.1) is 0 Å². The van der Waals surface area contributed by atoms with Crippen molar-refractivity contribution < 1.29 is 0 Å². The van der Waals surface area contributed by atoms with Crippen LogP contribution in [0.2, 0.25) is 0 Å². The van der Waals surface area contributed by atoms with E-state index in [1.165, 1.54) is 5.56 Å². The summed E-state index contributed by atoms with van der Waals surface area (Å²) >= 11 is 3.24. The summed E-state index contributed by atoms with van der Waals surface area (Å²) in [5, 5.41) is 13.3. The van der Waals surface area contributed by atoms with Gasteiger partial charge in [-0.3, -0.25) is 13.8 Å². The fourth-order valence-corrected chi connectivity index (χ4v) is 5.29. The first-order valence-corrected chi connectivity index (χ1v) is 11.7. The summed E-state index contributed by atoms with van der Waals surface area (Å²) in [5.41, 5.74) is 2.99. The minimum absolute atomic E-state index is 0.0861. The van der Waals surface area contributed by atoms with Crippen molar-refractivity contribution in [2.24, 2.45) is 0 Å². The lowest BCUT2D eigenvalue weighted by atomic mass is 10.2. The molecule has 2 aromatic carbocycles. The van der Waals surface area contributed by atoms with Gasteiger partial charge < -0.3 is 0 Å². The first kappa shape index (κ1) is 19.7. The number of fused-ring (bicyclic) bond motifs is 3. The van der Waals surface area contributed by atoms with E-state index in [1.807, 2.05) is 46.9 Å². The van der Waals surface area contributed by atoms with Gasteiger partial charge in [0, 0.05) is 24.1 Å². The average molecular weight is 446 g/mol. The molecule has 8 heteroatoms. The van der Waals surface area contributed by atoms with Crippen molar-refractivity contribution in [1.29, 1.82) is 0 Å². The number of para-hydroxylation sites is 1. The van der Waals surface area contributed by atoms with Crippen molar-refractivity contribution in [2.75, 3.05) is 0 Å². The maximum absolute atomic E-state index is 12.9. The van der Waals surface area contributed by atoms with Gasteiger partial charge in [-0.05, 0) is 17.7 Å². The summed E-state index contributed by atoms with van der Waals surface area (Å²) < 4.78 is 3.55. The third-order valence-corrected chi connectivity index (χ3v) is 6.80. The fourth-order valence-electron chi connectivity index (χ4n) is 3.53. The number of nitrogens with zero attached hydrogens (tertiary/aromatic N) is 5. The number of rotatable bonds is 7. The predicted molar refractivity (Wildman–Crippen MR) is 126 cm³/mol. The van der Waals surface area contributed by atoms with E-state index in [1.54, 1.807) is 33.7 Å². The van der Waals surface area contributed by atoms with Crippen molar-refractivity contribution in [3.05, 3.63) is 99.3 Å². The molecule has 0 fully saturated rings. The Morgan fingerprint density at radius 3 is 2.71 bits per heavy atom. The van der Waals surface area contributed by atoms with Gasteiger partial charge in [-0.1, -0.05) is 60.3 Å². The van der Waals surface area contributed by atoms with Crippen molar-refractivity contribution in [3.63, 3.8) is 0 Å². The van der Waals surface area contributed by atoms with Crippen LogP contribution in [0.15, 0.2) is 82.6 Å². The molecular formula is C23H19N5OS2. The molecule has 0 atom stereocenters. The van der Waals surface area contributed by atoms with Crippen LogP contribution < -0.4 is 5.56 Å². The summed E-state index contributed by atoms with van der Waals surface area (Å²) in [5.74, 6) is 1.20. The molecule has 3 heterocycles. The van der Waals surface area contributed by atoms with Crippen LogP contribution in [-0.2, 0) is 18.7 Å². The third kappa shape index (κ3) is 3.80. The van der Waals surface area contributed by atoms with Crippen LogP contribution in [-0.4, -0.2) is 24.1 Å². The molecule has 0 spiro atoms. The normalized spacial score (nSPS) is 11.4. The van der Waals surface area contributed by atoms with E-state index in [0.717, 1.165) is 27.8 Å². The van der Waals surface area contributed by atoms with Crippen molar-refractivity contribution in [2.45, 2.75) is 23.9 Å². The Kier molecular flexibility index (Phi) is 5.40. The van der Waals surface area contributed by atoms with E-state index in [0.29, 0.717) is 23.5 Å². The number of benzene rings is 2. The van der Waals surface area contributed by atoms with Crippen molar-refractivity contribution in [3.8, 4) is 0 Å². The number of hydrogen-bond donors (Lipinski definition) is 0. The zero-order valence-electron chi connectivity index (χ0n) is 16.6. The number of allylic oxidation sites excluding steroid dienone is 1. The zero-order valence-corrected chi connectivity index (χ0v) is 18.3. The van der Waals surface area contributed by atoms with Gasteiger partial charge in [-0.25, -0.2) is 4.98 Å². The quantitative estimate of drug-likeness (QED) is 0.271. The van der Waals surface area contributed by atoms with Gasteiger partial charge >= 0.3 is 0 Å². The van der Waals surface area contributed by atoms with Crippen molar-refractivity contribution in [1.82, 2.24) is 24.1 Å². The van der Waals surface area contributed by atoms with Gasteiger partial charge in [0.15, 0.2) is 5.16 Å². The molecule has 154 valence electrons. The SMILES string of the molecule is C=CCn1c(=O)c2ccccc2n2c(SCc3csc(Cc4ccccc4)n3)nnc12. The van der Waals surface area contributed by atoms with Crippen molar-refractivity contribution >= 4 is 39.8 Å². The van der Waals surface area contributed by atoms with Gasteiger partial charge in [0.25, 0.3) is 5.56 Å². The summed E-state index contributed by atoms with van der Waals surface area (Å²) in [4.78, 5) is 17.7. The zero-order chi connectivity index (χ0) is 21.2. The molecule has 0 saturated heterocycles. The van der Waals surface area contributed by atoms with Crippen LogP contribution in [0.1, 0.15) is 16.3 Å². The van der Waals surface area contributed by atoms with E-state index in [4.69, 9.17) is 4.98 Å². The second-order valence-electron chi connectivity index (χ2n) is 7.02. The molecule has 5 aromatic rings.